The molecule has 31 heavy (non-hydrogen) atoms. The molecule has 0 aromatic heterocycles. The fourth-order valence-corrected chi connectivity index (χ4v) is 6.85. The van der Waals surface area contributed by atoms with E-state index >= 15 is 0 Å². The summed E-state index contributed by atoms with van der Waals surface area (Å²) in [5.74, 6) is -1.34. The first-order chi connectivity index (χ1) is 14.5. The lowest BCUT2D eigenvalue weighted by Gasteiger charge is -2.62. The minimum atomic E-state index is -5.86. The summed E-state index contributed by atoms with van der Waals surface area (Å²) in [5, 5.41) is -1.59. The maximum absolute atomic E-state index is 13.6. The predicted octanol–water partition coefficient (Wildman–Crippen LogP) is 4.37. The molecular weight excluding hydrogens is 428 g/mol. The molecular formula is C22H29F2NO5S. The van der Waals surface area contributed by atoms with Crippen LogP contribution < -0.4 is 5.32 Å². The van der Waals surface area contributed by atoms with Crippen molar-refractivity contribution in [1.29, 1.82) is 0 Å². The summed E-state index contributed by atoms with van der Waals surface area (Å²) in [5.41, 5.74) is 1.77. The molecule has 6 nitrogen and oxygen atoms in total. The Morgan fingerprint density at radius 2 is 1.81 bits per heavy atom. The average Bonchev–Trinajstić information content (AvgIpc) is 2.69. The molecule has 4 fully saturated rings. The summed E-state index contributed by atoms with van der Waals surface area (Å²) < 4.78 is 62.4. The monoisotopic (exact) mass is 457 g/mol. The number of anilines is 1. The molecule has 4 saturated carbocycles. The maximum Gasteiger partial charge on any atom is 0.465 e. The number of nitrogens with one attached hydrogen (secondary N) is 1. The third-order valence-electron chi connectivity index (χ3n) is 7.33. The first-order valence-corrected chi connectivity index (χ1v) is 12.3. The quantitative estimate of drug-likeness (QED) is 0.445. The van der Waals surface area contributed by atoms with Crippen LogP contribution >= 0.6 is 0 Å². The number of halogens is 2. The molecule has 1 aromatic carbocycles. The van der Waals surface area contributed by atoms with Crippen molar-refractivity contribution in [2.75, 3.05) is 18.5 Å². The zero-order chi connectivity index (χ0) is 22.5. The van der Waals surface area contributed by atoms with E-state index in [1.165, 1.54) is 5.56 Å². The van der Waals surface area contributed by atoms with Gasteiger partial charge in [0.25, 0.3) is 0 Å². The third-order valence-corrected chi connectivity index (χ3v) is 8.14. The SMILES string of the molecule is CCCNc1ccc(C23CC4CC(CC(COC(=O)C(F)(F)S(=O)(=O)O)(C4)C2)C3)cc1. The molecule has 2 N–H and O–H groups in total. The lowest BCUT2D eigenvalue weighted by molar-refractivity contribution is -0.173. The predicted molar refractivity (Wildman–Crippen MR) is 111 cm³/mol. The molecule has 0 saturated heterocycles. The molecule has 1 aromatic rings. The average molecular weight is 458 g/mol. The van der Waals surface area contributed by atoms with Crippen molar-refractivity contribution >= 4 is 21.8 Å². The van der Waals surface area contributed by atoms with Gasteiger partial charge in [-0.2, -0.15) is 17.2 Å². The minimum Gasteiger partial charge on any atom is -0.460 e. The van der Waals surface area contributed by atoms with Gasteiger partial charge in [0.05, 0.1) is 6.61 Å². The lowest BCUT2D eigenvalue weighted by atomic mass is 9.43. The Labute approximate surface area is 181 Å². The van der Waals surface area contributed by atoms with Crippen LogP contribution in [0.1, 0.15) is 57.4 Å². The second-order valence-corrected chi connectivity index (χ2v) is 11.3. The van der Waals surface area contributed by atoms with E-state index in [-0.39, 0.29) is 12.0 Å². The largest absolute Gasteiger partial charge is 0.465 e. The molecule has 172 valence electrons. The Morgan fingerprint density at radius 3 is 2.35 bits per heavy atom. The van der Waals surface area contributed by atoms with Gasteiger partial charge >= 0.3 is 21.3 Å². The lowest BCUT2D eigenvalue weighted by Crippen LogP contribution is -2.56. The molecule has 2 atom stereocenters. The van der Waals surface area contributed by atoms with Crippen molar-refractivity contribution in [3.63, 3.8) is 0 Å². The Balaban J connectivity index is 1.53. The number of rotatable bonds is 8. The van der Waals surface area contributed by atoms with E-state index in [0.717, 1.165) is 57.2 Å². The van der Waals surface area contributed by atoms with Gasteiger partial charge in [0.15, 0.2) is 0 Å². The second kappa shape index (κ2) is 7.69. The molecule has 0 heterocycles. The van der Waals surface area contributed by atoms with Crippen molar-refractivity contribution in [1.82, 2.24) is 0 Å². The highest BCUT2D eigenvalue weighted by atomic mass is 32.2. The van der Waals surface area contributed by atoms with E-state index in [1.54, 1.807) is 0 Å². The van der Waals surface area contributed by atoms with Gasteiger partial charge in [-0.05, 0) is 79.9 Å². The van der Waals surface area contributed by atoms with Crippen LogP contribution in [0.2, 0.25) is 0 Å². The minimum absolute atomic E-state index is 0.0780. The van der Waals surface area contributed by atoms with Crippen LogP contribution in [0.25, 0.3) is 0 Å². The summed E-state index contributed by atoms with van der Waals surface area (Å²) in [6.45, 7) is 2.76. The molecule has 2 unspecified atom stereocenters. The van der Waals surface area contributed by atoms with Crippen LogP contribution in [0.5, 0.6) is 0 Å². The topological polar surface area (TPSA) is 92.7 Å². The van der Waals surface area contributed by atoms with Crippen LogP contribution in [-0.2, 0) is 25.1 Å². The van der Waals surface area contributed by atoms with Gasteiger partial charge in [0.2, 0.25) is 0 Å². The van der Waals surface area contributed by atoms with E-state index < -0.39 is 26.8 Å². The van der Waals surface area contributed by atoms with Crippen LogP contribution in [0.3, 0.4) is 0 Å². The third kappa shape index (κ3) is 4.06. The molecule has 0 amide bonds. The van der Waals surface area contributed by atoms with Crippen LogP contribution in [-0.4, -0.2) is 37.3 Å². The smallest absolute Gasteiger partial charge is 0.460 e. The van der Waals surface area contributed by atoms with Crippen LogP contribution in [0, 0.1) is 17.3 Å². The number of hydrogen-bond donors (Lipinski definition) is 2. The van der Waals surface area contributed by atoms with Crippen molar-refractivity contribution < 1.29 is 31.3 Å². The van der Waals surface area contributed by atoms with Gasteiger partial charge in [0.1, 0.15) is 0 Å². The van der Waals surface area contributed by atoms with E-state index in [2.05, 4.69) is 36.5 Å². The highest BCUT2D eigenvalue weighted by Crippen LogP contribution is 2.65. The number of esters is 1. The van der Waals surface area contributed by atoms with Gasteiger partial charge in [0, 0.05) is 17.6 Å². The Hall–Kier alpha value is -1.74. The number of carbonyl (C=O) groups excluding carboxylic acids is 1. The number of carbonyl (C=O) groups is 1. The maximum atomic E-state index is 13.6. The summed E-state index contributed by atoms with van der Waals surface area (Å²) in [6.07, 6.45) is 6.48. The zero-order valence-corrected chi connectivity index (χ0v) is 18.4. The Morgan fingerprint density at radius 1 is 1.19 bits per heavy atom. The molecule has 5 rings (SSSR count). The standard InChI is InChI=1S/C22H29F2NO5S/c1-2-7-25-18-5-3-17(4-6-18)21-11-15-8-16(12-21)10-20(9-15,13-21)14-30-19(26)22(23,24)31(27,28)29/h3-6,15-16,25H,2,7-14H2,1H3,(H,27,28,29). The van der Waals surface area contributed by atoms with Crippen LogP contribution in [0.4, 0.5) is 14.5 Å². The Bertz CT molecular complexity index is 933. The van der Waals surface area contributed by atoms with Gasteiger partial charge in [-0.1, -0.05) is 19.1 Å². The molecule has 9 heteroatoms. The van der Waals surface area contributed by atoms with Gasteiger partial charge < -0.3 is 10.1 Å². The first-order valence-electron chi connectivity index (χ1n) is 10.9. The second-order valence-electron chi connectivity index (χ2n) is 9.81. The summed E-state index contributed by atoms with van der Waals surface area (Å²) in [4.78, 5) is 11.8. The molecule has 0 spiro atoms. The molecule has 4 aliphatic carbocycles. The fraction of sp³-hybridized carbons (Fsp3) is 0.682. The van der Waals surface area contributed by atoms with Crippen LogP contribution in [0.15, 0.2) is 24.3 Å². The van der Waals surface area contributed by atoms with Crippen molar-refractivity contribution in [3.8, 4) is 0 Å². The number of alkyl halides is 2. The van der Waals surface area contributed by atoms with Crippen molar-refractivity contribution in [3.05, 3.63) is 29.8 Å². The fourth-order valence-electron chi connectivity index (χ4n) is 6.58. The molecule has 4 aliphatic rings. The van der Waals surface area contributed by atoms with Crippen molar-refractivity contribution in [2.45, 2.75) is 62.5 Å². The number of hydrogen-bond acceptors (Lipinski definition) is 5. The summed E-state index contributed by atoms with van der Waals surface area (Å²) in [7, 11) is -5.86. The van der Waals surface area contributed by atoms with Crippen molar-refractivity contribution in [2.24, 2.45) is 17.3 Å². The highest BCUT2D eigenvalue weighted by Gasteiger charge is 2.60. The molecule has 0 aliphatic heterocycles. The van der Waals surface area contributed by atoms with Gasteiger partial charge in [-0.3, -0.25) is 4.55 Å². The molecule has 4 bridgehead atoms. The summed E-state index contributed by atoms with van der Waals surface area (Å²) in [6, 6.07) is 8.42. The Kier molecular flexibility index (Phi) is 5.57. The van der Waals surface area contributed by atoms with E-state index in [9.17, 15) is 22.0 Å². The normalized spacial score (nSPS) is 32.1. The highest BCUT2D eigenvalue weighted by molar-refractivity contribution is 7.87. The number of ether oxygens (including phenoxy) is 1. The summed E-state index contributed by atoms with van der Waals surface area (Å²) >= 11 is 0. The van der Waals surface area contributed by atoms with Gasteiger partial charge in [-0.15, -0.1) is 0 Å². The van der Waals surface area contributed by atoms with E-state index in [0.29, 0.717) is 11.8 Å². The molecule has 0 radical (unpaired) electrons. The first kappa shape index (κ1) is 22.5. The zero-order valence-electron chi connectivity index (χ0n) is 17.6. The van der Waals surface area contributed by atoms with Gasteiger partial charge in [-0.25, -0.2) is 4.79 Å². The number of benzene rings is 1. The van der Waals surface area contributed by atoms with E-state index in [4.69, 9.17) is 9.29 Å². The van der Waals surface area contributed by atoms with E-state index in [1.807, 2.05) is 0 Å².